The SMILES string of the molecule is CNC(=O)c1ccccc1C1CCN(CCc2ccccc2N2CCCCC2=O)C1. The van der Waals surface area contributed by atoms with Crippen molar-refractivity contribution >= 4 is 17.5 Å². The molecule has 2 aromatic carbocycles. The predicted molar refractivity (Wildman–Crippen MR) is 120 cm³/mol. The Hall–Kier alpha value is -2.66. The van der Waals surface area contributed by atoms with E-state index >= 15 is 0 Å². The molecule has 1 unspecified atom stereocenters. The lowest BCUT2D eigenvalue weighted by Crippen LogP contribution is -2.36. The van der Waals surface area contributed by atoms with Gasteiger partial charge in [0.2, 0.25) is 5.91 Å². The molecule has 0 aromatic heterocycles. The van der Waals surface area contributed by atoms with Gasteiger partial charge in [-0.15, -0.1) is 0 Å². The Kier molecular flexibility index (Phi) is 6.48. The summed E-state index contributed by atoms with van der Waals surface area (Å²) in [5.41, 5.74) is 4.28. The van der Waals surface area contributed by atoms with E-state index in [4.69, 9.17) is 0 Å². The van der Waals surface area contributed by atoms with Crippen molar-refractivity contribution in [3.05, 3.63) is 65.2 Å². The van der Waals surface area contributed by atoms with E-state index in [1.54, 1.807) is 7.05 Å². The number of hydrogen-bond acceptors (Lipinski definition) is 3. The molecule has 2 aliphatic rings. The average Bonchev–Trinajstić information content (AvgIpc) is 3.27. The second-order valence-electron chi connectivity index (χ2n) is 8.33. The number of nitrogens with one attached hydrogen (secondary N) is 1. The monoisotopic (exact) mass is 405 g/mol. The molecular weight excluding hydrogens is 374 g/mol. The van der Waals surface area contributed by atoms with E-state index in [0.29, 0.717) is 12.3 Å². The van der Waals surface area contributed by atoms with Crippen LogP contribution < -0.4 is 10.2 Å². The standard InChI is InChI=1S/C25H31N3O2/c1-26-25(30)22-10-4-3-9-21(22)20-14-17-27(18-20)16-13-19-8-2-5-11-23(19)28-15-7-6-12-24(28)29/h2-5,8-11,20H,6-7,12-18H2,1H3,(H,26,30). The predicted octanol–water partition coefficient (Wildman–Crippen LogP) is 3.60. The van der Waals surface area contributed by atoms with Gasteiger partial charge in [0.1, 0.15) is 0 Å². The van der Waals surface area contributed by atoms with Gasteiger partial charge >= 0.3 is 0 Å². The van der Waals surface area contributed by atoms with Crippen LogP contribution in [0.3, 0.4) is 0 Å². The Bertz CT molecular complexity index is 911. The van der Waals surface area contributed by atoms with Crippen molar-refractivity contribution in [2.75, 3.05) is 38.1 Å². The van der Waals surface area contributed by atoms with E-state index in [-0.39, 0.29) is 11.8 Å². The van der Waals surface area contributed by atoms with Crippen LogP contribution in [-0.2, 0) is 11.2 Å². The van der Waals surface area contributed by atoms with Crippen molar-refractivity contribution in [3.8, 4) is 0 Å². The maximum Gasteiger partial charge on any atom is 0.251 e. The Morgan fingerprint density at radius 1 is 1.07 bits per heavy atom. The van der Waals surface area contributed by atoms with Gasteiger partial charge in [0, 0.05) is 44.4 Å². The fourth-order valence-corrected chi connectivity index (χ4v) is 4.81. The molecule has 2 aliphatic heterocycles. The van der Waals surface area contributed by atoms with E-state index in [9.17, 15) is 9.59 Å². The third-order valence-electron chi connectivity index (χ3n) is 6.45. The number of anilines is 1. The summed E-state index contributed by atoms with van der Waals surface area (Å²) in [6, 6.07) is 16.3. The molecule has 2 fully saturated rings. The van der Waals surface area contributed by atoms with Gasteiger partial charge in [0.25, 0.3) is 5.91 Å². The van der Waals surface area contributed by atoms with E-state index in [1.807, 2.05) is 29.2 Å². The maximum absolute atomic E-state index is 12.4. The first kappa shape index (κ1) is 20.6. The highest BCUT2D eigenvalue weighted by Crippen LogP contribution is 2.31. The highest BCUT2D eigenvalue weighted by atomic mass is 16.2. The minimum atomic E-state index is -0.0100. The van der Waals surface area contributed by atoms with Crippen LogP contribution in [0.15, 0.2) is 48.5 Å². The molecule has 0 saturated carbocycles. The Morgan fingerprint density at radius 2 is 1.87 bits per heavy atom. The molecule has 4 rings (SSSR count). The zero-order chi connectivity index (χ0) is 20.9. The van der Waals surface area contributed by atoms with Crippen molar-refractivity contribution in [1.82, 2.24) is 10.2 Å². The normalized spacial score (nSPS) is 19.8. The molecule has 2 amide bonds. The molecule has 0 bridgehead atoms. The summed E-state index contributed by atoms with van der Waals surface area (Å²) in [4.78, 5) is 29.1. The molecule has 1 atom stereocenters. The first-order chi connectivity index (χ1) is 14.7. The molecule has 30 heavy (non-hydrogen) atoms. The number of benzene rings is 2. The van der Waals surface area contributed by atoms with Crippen molar-refractivity contribution in [1.29, 1.82) is 0 Å². The van der Waals surface area contributed by atoms with Gasteiger partial charge in [-0.3, -0.25) is 9.59 Å². The van der Waals surface area contributed by atoms with Crippen LogP contribution in [0, 0.1) is 0 Å². The first-order valence-corrected chi connectivity index (χ1v) is 11.1. The molecule has 2 aromatic rings. The summed E-state index contributed by atoms with van der Waals surface area (Å²) in [5.74, 6) is 0.627. The van der Waals surface area contributed by atoms with Gasteiger partial charge < -0.3 is 15.1 Å². The fourth-order valence-electron chi connectivity index (χ4n) is 4.81. The molecule has 0 spiro atoms. The van der Waals surface area contributed by atoms with E-state index in [1.165, 1.54) is 5.56 Å². The topological polar surface area (TPSA) is 52.7 Å². The molecule has 5 nitrogen and oxygen atoms in total. The lowest BCUT2D eigenvalue weighted by molar-refractivity contribution is -0.119. The Labute approximate surface area is 179 Å². The number of likely N-dealkylation sites (tertiary alicyclic amines) is 1. The third-order valence-corrected chi connectivity index (χ3v) is 6.45. The summed E-state index contributed by atoms with van der Waals surface area (Å²) in [7, 11) is 1.69. The molecule has 0 radical (unpaired) electrons. The fraction of sp³-hybridized carbons (Fsp3) is 0.440. The van der Waals surface area contributed by atoms with Crippen LogP contribution in [0.1, 0.15) is 53.1 Å². The smallest absolute Gasteiger partial charge is 0.251 e. The van der Waals surface area contributed by atoms with Crippen LogP contribution >= 0.6 is 0 Å². The van der Waals surface area contributed by atoms with Gasteiger partial charge in [0.05, 0.1) is 0 Å². The molecule has 1 N–H and O–H groups in total. The summed E-state index contributed by atoms with van der Waals surface area (Å²) < 4.78 is 0. The summed E-state index contributed by atoms with van der Waals surface area (Å²) >= 11 is 0. The van der Waals surface area contributed by atoms with E-state index in [2.05, 4.69) is 34.5 Å². The number of amides is 2. The van der Waals surface area contributed by atoms with Crippen LogP contribution in [0.5, 0.6) is 0 Å². The van der Waals surface area contributed by atoms with Gasteiger partial charge in [-0.2, -0.15) is 0 Å². The van der Waals surface area contributed by atoms with Gasteiger partial charge in [-0.1, -0.05) is 36.4 Å². The molecular formula is C25H31N3O2. The van der Waals surface area contributed by atoms with Crippen molar-refractivity contribution in [2.45, 2.75) is 38.0 Å². The minimum Gasteiger partial charge on any atom is -0.355 e. The molecule has 0 aliphatic carbocycles. The summed E-state index contributed by atoms with van der Waals surface area (Å²) in [6.45, 7) is 3.81. The van der Waals surface area contributed by atoms with E-state index in [0.717, 1.165) is 68.7 Å². The lowest BCUT2D eigenvalue weighted by Gasteiger charge is -2.29. The Morgan fingerprint density at radius 3 is 2.70 bits per heavy atom. The number of hydrogen-bond donors (Lipinski definition) is 1. The Balaban J connectivity index is 1.41. The van der Waals surface area contributed by atoms with Gasteiger partial charge in [-0.25, -0.2) is 0 Å². The zero-order valence-corrected chi connectivity index (χ0v) is 17.8. The number of para-hydroxylation sites is 1. The van der Waals surface area contributed by atoms with Crippen molar-refractivity contribution in [2.24, 2.45) is 0 Å². The first-order valence-electron chi connectivity index (χ1n) is 11.1. The number of carbonyl (C=O) groups is 2. The van der Waals surface area contributed by atoms with E-state index < -0.39 is 0 Å². The quantitative estimate of drug-likeness (QED) is 0.799. The number of rotatable bonds is 6. The average molecular weight is 406 g/mol. The lowest BCUT2D eigenvalue weighted by atomic mass is 9.93. The number of piperidine rings is 1. The highest BCUT2D eigenvalue weighted by molar-refractivity contribution is 5.96. The van der Waals surface area contributed by atoms with Crippen LogP contribution in [0.2, 0.25) is 0 Å². The third kappa shape index (κ3) is 4.41. The van der Waals surface area contributed by atoms with Gasteiger partial charge in [0.15, 0.2) is 0 Å². The van der Waals surface area contributed by atoms with Crippen LogP contribution in [-0.4, -0.2) is 49.9 Å². The largest absolute Gasteiger partial charge is 0.355 e. The van der Waals surface area contributed by atoms with Crippen LogP contribution in [0.25, 0.3) is 0 Å². The zero-order valence-electron chi connectivity index (χ0n) is 17.8. The van der Waals surface area contributed by atoms with Crippen LogP contribution in [0.4, 0.5) is 5.69 Å². The second kappa shape index (κ2) is 9.43. The number of carbonyl (C=O) groups excluding carboxylic acids is 2. The summed E-state index contributed by atoms with van der Waals surface area (Å²) in [6.07, 6.45) is 4.75. The number of nitrogens with zero attached hydrogens (tertiary/aromatic N) is 2. The molecule has 2 saturated heterocycles. The van der Waals surface area contributed by atoms with Gasteiger partial charge in [-0.05, 0) is 61.4 Å². The summed E-state index contributed by atoms with van der Waals surface area (Å²) in [5, 5.41) is 2.76. The molecule has 2 heterocycles. The maximum atomic E-state index is 12.4. The van der Waals surface area contributed by atoms with Crippen molar-refractivity contribution < 1.29 is 9.59 Å². The highest BCUT2D eigenvalue weighted by Gasteiger charge is 2.27. The minimum absolute atomic E-state index is 0.0100. The van der Waals surface area contributed by atoms with Crippen molar-refractivity contribution in [3.63, 3.8) is 0 Å². The molecule has 5 heteroatoms. The second-order valence-corrected chi connectivity index (χ2v) is 8.33. The molecule has 158 valence electrons.